The van der Waals surface area contributed by atoms with E-state index in [9.17, 15) is 0 Å². The van der Waals surface area contributed by atoms with Crippen molar-refractivity contribution in [2.45, 2.75) is 51.8 Å². The summed E-state index contributed by atoms with van der Waals surface area (Å²) in [6.45, 7) is 9.80. The highest BCUT2D eigenvalue weighted by molar-refractivity contribution is 5.79. The maximum Gasteiger partial charge on any atom is 0.191 e. The molecule has 0 bridgehead atoms. The van der Waals surface area contributed by atoms with Crippen LogP contribution in [0.2, 0.25) is 0 Å². The van der Waals surface area contributed by atoms with E-state index in [-0.39, 0.29) is 0 Å². The molecule has 0 spiro atoms. The second-order valence-electron chi connectivity index (χ2n) is 8.04. The monoisotopic (exact) mass is 388 g/mol. The van der Waals surface area contributed by atoms with Crippen molar-refractivity contribution >= 4 is 5.96 Å². The van der Waals surface area contributed by atoms with Crippen LogP contribution in [0.5, 0.6) is 5.75 Å². The van der Waals surface area contributed by atoms with Crippen LogP contribution >= 0.6 is 0 Å². The van der Waals surface area contributed by atoms with E-state index in [0.717, 1.165) is 44.6 Å². The van der Waals surface area contributed by atoms with Crippen molar-refractivity contribution in [1.29, 1.82) is 0 Å². The molecule has 1 aromatic carbocycles. The predicted molar refractivity (Wildman–Crippen MR) is 114 cm³/mol. The molecule has 156 valence electrons. The fraction of sp³-hybridized carbons (Fsp3) is 0.682. The summed E-state index contributed by atoms with van der Waals surface area (Å²) in [5.41, 5.74) is 1.17. The molecule has 1 aromatic rings. The zero-order chi connectivity index (χ0) is 19.8. The third-order valence-electron chi connectivity index (χ3n) is 5.75. The molecule has 3 rings (SSSR count). The number of benzene rings is 1. The van der Waals surface area contributed by atoms with Crippen molar-refractivity contribution in [1.82, 2.24) is 15.5 Å². The van der Waals surface area contributed by atoms with Crippen molar-refractivity contribution in [3.8, 4) is 5.75 Å². The Morgan fingerprint density at radius 3 is 2.61 bits per heavy atom. The summed E-state index contributed by atoms with van der Waals surface area (Å²) in [7, 11) is 1.82. The summed E-state index contributed by atoms with van der Waals surface area (Å²) in [4.78, 5) is 6.93. The Bertz CT molecular complexity index is 625. The van der Waals surface area contributed by atoms with Gasteiger partial charge >= 0.3 is 0 Å². The van der Waals surface area contributed by atoms with Gasteiger partial charge in [-0.1, -0.05) is 32.0 Å². The number of hydrogen-bond donors (Lipinski definition) is 2. The first-order chi connectivity index (χ1) is 13.7. The molecule has 6 nitrogen and oxygen atoms in total. The first-order valence-electron chi connectivity index (χ1n) is 10.7. The predicted octanol–water partition coefficient (Wildman–Crippen LogP) is 2.64. The average Bonchev–Trinajstić information content (AvgIpc) is 2.68. The Labute approximate surface area is 169 Å². The summed E-state index contributed by atoms with van der Waals surface area (Å²) >= 11 is 0. The van der Waals surface area contributed by atoms with E-state index in [1.165, 1.54) is 24.8 Å². The SMILES string of the molecule is CN=C(NCc1ccccc1OC1CCC1)NCC(C(C)C)N1CCOCC1. The Hall–Kier alpha value is -1.79. The zero-order valence-corrected chi connectivity index (χ0v) is 17.6. The lowest BCUT2D eigenvalue weighted by Gasteiger charge is -2.37. The molecule has 1 atom stereocenters. The highest BCUT2D eigenvalue weighted by Gasteiger charge is 2.24. The van der Waals surface area contributed by atoms with E-state index in [4.69, 9.17) is 9.47 Å². The molecule has 0 amide bonds. The normalized spacial score (nSPS) is 19.9. The fourth-order valence-corrected chi connectivity index (χ4v) is 3.73. The quantitative estimate of drug-likeness (QED) is 0.530. The zero-order valence-electron chi connectivity index (χ0n) is 17.6. The molecule has 2 aliphatic rings. The van der Waals surface area contributed by atoms with Gasteiger partial charge in [0.25, 0.3) is 0 Å². The van der Waals surface area contributed by atoms with Gasteiger partial charge in [0.15, 0.2) is 5.96 Å². The van der Waals surface area contributed by atoms with Crippen LogP contribution in [-0.2, 0) is 11.3 Å². The maximum atomic E-state index is 6.14. The summed E-state index contributed by atoms with van der Waals surface area (Å²) in [5.74, 6) is 2.39. The first kappa shape index (κ1) is 20.9. The minimum atomic E-state index is 0.388. The molecule has 1 aliphatic heterocycles. The van der Waals surface area contributed by atoms with Crippen molar-refractivity contribution < 1.29 is 9.47 Å². The van der Waals surface area contributed by atoms with Crippen molar-refractivity contribution in [3.63, 3.8) is 0 Å². The van der Waals surface area contributed by atoms with Crippen molar-refractivity contribution in [2.75, 3.05) is 39.9 Å². The second kappa shape index (κ2) is 10.7. The average molecular weight is 389 g/mol. The molecule has 1 aliphatic carbocycles. The summed E-state index contributed by atoms with van der Waals surface area (Å²) in [5, 5.41) is 6.96. The molecule has 1 heterocycles. The number of aliphatic imine (C=N–C) groups is 1. The molecule has 0 radical (unpaired) electrons. The van der Waals surface area contributed by atoms with E-state index in [1.54, 1.807) is 0 Å². The van der Waals surface area contributed by atoms with E-state index in [1.807, 2.05) is 13.1 Å². The Kier molecular flexibility index (Phi) is 7.98. The summed E-state index contributed by atoms with van der Waals surface area (Å²) in [6.07, 6.45) is 4.01. The van der Waals surface area contributed by atoms with Gasteiger partial charge in [-0.15, -0.1) is 0 Å². The van der Waals surface area contributed by atoms with Gasteiger partial charge in [0, 0.05) is 44.8 Å². The van der Waals surface area contributed by atoms with Gasteiger partial charge in [-0.3, -0.25) is 9.89 Å². The van der Waals surface area contributed by atoms with Gasteiger partial charge in [0.2, 0.25) is 0 Å². The van der Waals surface area contributed by atoms with Crippen LogP contribution in [0.4, 0.5) is 0 Å². The minimum Gasteiger partial charge on any atom is -0.490 e. The van der Waals surface area contributed by atoms with Crippen LogP contribution in [0.15, 0.2) is 29.3 Å². The molecule has 1 saturated carbocycles. The lowest BCUT2D eigenvalue weighted by Crippen LogP contribution is -2.52. The lowest BCUT2D eigenvalue weighted by atomic mass is 9.96. The molecule has 0 aromatic heterocycles. The fourth-order valence-electron chi connectivity index (χ4n) is 3.73. The number of nitrogens with zero attached hydrogens (tertiary/aromatic N) is 2. The molecule has 1 unspecified atom stereocenters. The van der Waals surface area contributed by atoms with Crippen LogP contribution in [0, 0.1) is 5.92 Å². The molecular formula is C22H36N4O2. The number of nitrogens with one attached hydrogen (secondary N) is 2. The third-order valence-corrected chi connectivity index (χ3v) is 5.75. The number of para-hydroxylation sites is 1. The Balaban J connectivity index is 1.51. The van der Waals surface area contributed by atoms with Crippen LogP contribution < -0.4 is 15.4 Å². The first-order valence-corrected chi connectivity index (χ1v) is 10.7. The molecular weight excluding hydrogens is 352 g/mol. The molecule has 6 heteroatoms. The largest absolute Gasteiger partial charge is 0.490 e. The van der Waals surface area contributed by atoms with Gasteiger partial charge in [0.1, 0.15) is 5.75 Å². The number of hydrogen-bond acceptors (Lipinski definition) is 4. The van der Waals surface area contributed by atoms with E-state index in [0.29, 0.717) is 24.6 Å². The minimum absolute atomic E-state index is 0.388. The lowest BCUT2D eigenvalue weighted by molar-refractivity contribution is 0.00752. The van der Waals surface area contributed by atoms with Crippen LogP contribution in [0.3, 0.4) is 0 Å². The van der Waals surface area contributed by atoms with Crippen LogP contribution in [-0.4, -0.2) is 62.9 Å². The van der Waals surface area contributed by atoms with Crippen molar-refractivity contribution in [2.24, 2.45) is 10.9 Å². The van der Waals surface area contributed by atoms with Crippen molar-refractivity contribution in [3.05, 3.63) is 29.8 Å². The maximum absolute atomic E-state index is 6.14. The molecule has 1 saturated heterocycles. The smallest absolute Gasteiger partial charge is 0.191 e. The summed E-state index contributed by atoms with van der Waals surface area (Å²) < 4.78 is 11.6. The van der Waals surface area contributed by atoms with Gasteiger partial charge in [0.05, 0.1) is 19.3 Å². The number of morpholine rings is 1. The highest BCUT2D eigenvalue weighted by atomic mass is 16.5. The van der Waals surface area contributed by atoms with Gasteiger partial charge in [-0.2, -0.15) is 0 Å². The topological polar surface area (TPSA) is 58.1 Å². The molecule has 2 N–H and O–H groups in total. The molecule has 28 heavy (non-hydrogen) atoms. The number of rotatable bonds is 8. The molecule has 2 fully saturated rings. The summed E-state index contributed by atoms with van der Waals surface area (Å²) in [6, 6.07) is 8.77. The number of ether oxygens (including phenoxy) is 2. The number of guanidine groups is 1. The standard InChI is InChI=1S/C22H36N4O2/c1-17(2)20(26-11-13-27-14-12-26)16-25-22(23-3)24-15-18-7-4-5-10-21(18)28-19-8-6-9-19/h4-5,7,10,17,19-20H,6,8-9,11-16H2,1-3H3,(H2,23,24,25). The van der Waals surface area contributed by atoms with E-state index >= 15 is 0 Å². The third kappa shape index (κ3) is 5.85. The Morgan fingerprint density at radius 1 is 1.21 bits per heavy atom. The second-order valence-corrected chi connectivity index (χ2v) is 8.04. The Morgan fingerprint density at radius 2 is 1.96 bits per heavy atom. The van der Waals surface area contributed by atoms with Gasteiger partial charge < -0.3 is 20.1 Å². The van der Waals surface area contributed by atoms with Crippen LogP contribution in [0.1, 0.15) is 38.7 Å². The van der Waals surface area contributed by atoms with Crippen LogP contribution in [0.25, 0.3) is 0 Å². The van der Waals surface area contributed by atoms with Gasteiger partial charge in [-0.25, -0.2) is 0 Å². The highest BCUT2D eigenvalue weighted by Crippen LogP contribution is 2.27. The van der Waals surface area contributed by atoms with Gasteiger partial charge in [-0.05, 0) is 31.2 Å². The van der Waals surface area contributed by atoms with E-state index < -0.39 is 0 Å². The van der Waals surface area contributed by atoms with E-state index in [2.05, 4.69) is 52.6 Å².